The summed E-state index contributed by atoms with van der Waals surface area (Å²) in [5, 5.41) is 6.54. The first-order valence-electron chi connectivity index (χ1n) is 9.81. The van der Waals surface area contributed by atoms with E-state index >= 15 is 0 Å². The maximum absolute atomic E-state index is 11.9. The van der Waals surface area contributed by atoms with Gasteiger partial charge in [-0.3, -0.25) is 9.69 Å². The van der Waals surface area contributed by atoms with Crippen LogP contribution < -0.4 is 20.1 Å². The summed E-state index contributed by atoms with van der Waals surface area (Å²) in [6.45, 7) is 5.36. The second-order valence-electron chi connectivity index (χ2n) is 6.88. The lowest BCUT2D eigenvalue weighted by Gasteiger charge is -2.26. The summed E-state index contributed by atoms with van der Waals surface area (Å²) in [5.74, 6) is 1.76. The average Bonchev–Trinajstić information content (AvgIpc) is 2.74. The molecule has 1 fully saturated rings. The summed E-state index contributed by atoms with van der Waals surface area (Å²) in [6.07, 6.45) is 0.967. The summed E-state index contributed by atoms with van der Waals surface area (Å²) in [4.78, 5) is 20.3. The summed E-state index contributed by atoms with van der Waals surface area (Å²) >= 11 is 0. The lowest BCUT2D eigenvalue weighted by atomic mass is 10.2. The van der Waals surface area contributed by atoms with Crippen LogP contribution >= 0.6 is 24.0 Å². The number of methoxy groups -OCH3 is 2. The van der Waals surface area contributed by atoms with Crippen LogP contribution in [0, 0.1) is 0 Å². The number of aliphatic imine (C=N–C) groups is 1. The zero-order chi connectivity index (χ0) is 21.1. The summed E-state index contributed by atoms with van der Waals surface area (Å²) in [5.41, 5.74) is 0.791. The van der Waals surface area contributed by atoms with E-state index in [4.69, 9.17) is 14.2 Å². The number of carbonyl (C=O) groups is 1. The van der Waals surface area contributed by atoms with Gasteiger partial charge in [0, 0.05) is 45.5 Å². The summed E-state index contributed by atoms with van der Waals surface area (Å²) < 4.78 is 16.0. The number of nitrogens with one attached hydrogen (secondary N) is 2. The Kier molecular flexibility index (Phi) is 12.5. The number of ether oxygens (including phenoxy) is 3. The van der Waals surface area contributed by atoms with Crippen molar-refractivity contribution in [3.05, 3.63) is 18.2 Å². The van der Waals surface area contributed by atoms with Crippen LogP contribution in [0.25, 0.3) is 0 Å². The smallest absolute Gasteiger partial charge is 0.243 e. The predicted octanol–water partition coefficient (Wildman–Crippen LogP) is 1.49. The highest BCUT2D eigenvalue weighted by Gasteiger charge is 2.11. The monoisotopic (exact) mass is 535 g/mol. The third-order valence-electron chi connectivity index (χ3n) is 4.56. The summed E-state index contributed by atoms with van der Waals surface area (Å²) in [7, 11) is 6.63. The number of rotatable bonds is 9. The standard InChI is InChI=1S/C20H33N5O4.HI/c1-24(2)19(26)15-22-20(21-8-5-9-25-10-12-29-13-11-25)23-16-6-7-17(27-3)18(14-16)28-4;/h6-7,14H,5,8-13,15H2,1-4H3,(H2,21,22,23);1H. The molecule has 170 valence electrons. The average molecular weight is 535 g/mol. The van der Waals surface area contributed by atoms with Crippen LogP contribution in [-0.4, -0.2) is 95.9 Å². The number of amides is 1. The Morgan fingerprint density at radius 1 is 1.20 bits per heavy atom. The number of anilines is 1. The minimum absolute atomic E-state index is 0. The number of morpholine rings is 1. The molecule has 1 heterocycles. The minimum Gasteiger partial charge on any atom is -0.493 e. The predicted molar refractivity (Wildman–Crippen MR) is 129 cm³/mol. The Balaban J connectivity index is 0.00000450. The van der Waals surface area contributed by atoms with Gasteiger partial charge in [-0.15, -0.1) is 24.0 Å². The summed E-state index contributed by atoms with van der Waals surface area (Å²) in [6, 6.07) is 5.53. The van der Waals surface area contributed by atoms with Crippen molar-refractivity contribution in [3.63, 3.8) is 0 Å². The van der Waals surface area contributed by atoms with Gasteiger partial charge in [0.05, 0.1) is 27.4 Å². The van der Waals surface area contributed by atoms with E-state index in [1.54, 1.807) is 28.3 Å². The van der Waals surface area contributed by atoms with Crippen LogP contribution in [0.2, 0.25) is 0 Å². The maximum atomic E-state index is 11.9. The minimum atomic E-state index is -0.0632. The fraction of sp³-hybridized carbons (Fsp3) is 0.600. The SMILES string of the molecule is COc1ccc(NC(=NCC(=O)N(C)C)NCCCN2CCOCC2)cc1OC.I. The molecule has 0 saturated carbocycles. The van der Waals surface area contributed by atoms with Crippen LogP contribution in [0.1, 0.15) is 6.42 Å². The number of hydrogen-bond donors (Lipinski definition) is 2. The van der Waals surface area contributed by atoms with Gasteiger partial charge in [0.15, 0.2) is 17.5 Å². The van der Waals surface area contributed by atoms with Crippen molar-refractivity contribution in [2.75, 3.05) is 79.6 Å². The number of benzene rings is 1. The molecule has 0 atom stereocenters. The molecular weight excluding hydrogens is 501 g/mol. The number of carbonyl (C=O) groups excluding carboxylic acids is 1. The van der Waals surface area contributed by atoms with Gasteiger partial charge in [-0.2, -0.15) is 0 Å². The maximum Gasteiger partial charge on any atom is 0.243 e. The lowest BCUT2D eigenvalue weighted by molar-refractivity contribution is -0.127. The number of guanidine groups is 1. The van der Waals surface area contributed by atoms with Crippen molar-refractivity contribution in [2.24, 2.45) is 4.99 Å². The largest absolute Gasteiger partial charge is 0.493 e. The molecule has 1 saturated heterocycles. The van der Waals surface area contributed by atoms with E-state index in [0.29, 0.717) is 17.5 Å². The molecule has 1 amide bonds. The molecular formula is C20H34IN5O4. The molecule has 2 N–H and O–H groups in total. The van der Waals surface area contributed by atoms with Gasteiger partial charge >= 0.3 is 0 Å². The van der Waals surface area contributed by atoms with Crippen molar-refractivity contribution in [1.29, 1.82) is 0 Å². The van der Waals surface area contributed by atoms with Gasteiger partial charge < -0.3 is 29.7 Å². The van der Waals surface area contributed by atoms with Crippen molar-refractivity contribution >= 4 is 41.5 Å². The van der Waals surface area contributed by atoms with E-state index in [2.05, 4.69) is 20.5 Å². The van der Waals surface area contributed by atoms with Crippen LogP contribution in [0.5, 0.6) is 11.5 Å². The number of likely N-dealkylation sites (N-methyl/N-ethyl adjacent to an activating group) is 1. The van der Waals surface area contributed by atoms with Gasteiger partial charge in [-0.1, -0.05) is 0 Å². The van der Waals surface area contributed by atoms with Crippen LogP contribution in [0.15, 0.2) is 23.2 Å². The fourth-order valence-corrected chi connectivity index (χ4v) is 2.81. The molecule has 0 spiro atoms. The highest BCUT2D eigenvalue weighted by molar-refractivity contribution is 14.0. The Morgan fingerprint density at radius 2 is 1.90 bits per heavy atom. The van der Waals surface area contributed by atoms with Crippen LogP contribution in [0.4, 0.5) is 5.69 Å². The van der Waals surface area contributed by atoms with Gasteiger partial charge in [0.1, 0.15) is 6.54 Å². The Morgan fingerprint density at radius 3 is 2.53 bits per heavy atom. The molecule has 10 heteroatoms. The molecule has 0 unspecified atom stereocenters. The second-order valence-corrected chi connectivity index (χ2v) is 6.88. The van der Waals surface area contributed by atoms with E-state index in [1.807, 2.05) is 18.2 Å². The third kappa shape index (κ3) is 8.92. The van der Waals surface area contributed by atoms with Crippen molar-refractivity contribution in [1.82, 2.24) is 15.1 Å². The first-order chi connectivity index (χ1) is 14.0. The van der Waals surface area contributed by atoms with Crippen molar-refractivity contribution in [2.45, 2.75) is 6.42 Å². The zero-order valence-electron chi connectivity index (χ0n) is 18.3. The molecule has 0 radical (unpaired) electrons. The first-order valence-corrected chi connectivity index (χ1v) is 9.81. The third-order valence-corrected chi connectivity index (χ3v) is 4.56. The quantitative estimate of drug-likeness (QED) is 0.215. The van der Waals surface area contributed by atoms with Gasteiger partial charge in [0.25, 0.3) is 0 Å². The molecule has 1 aliphatic rings. The molecule has 1 aliphatic heterocycles. The number of nitrogens with zero attached hydrogens (tertiary/aromatic N) is 3. The van der Waals surface area contributed by atoms with Gasteiger partial charge in [-0.05, 0) is 25.1 Å². The number of hydrogen-bond acceptors (Lipinski definition) is 6. The Bertz CT molecular complexity index is 681. The van der Waals surface area contributed by atoms with Gasteiger partial charge in [-0.25, -0.2) is 4.99 Å². The van der Waals surface area contributed by atoms with E-state index in [9.17, 15) is 4.79 Å². The van der Waals surface area contributed by atoms with Crippen molar-refractivity contribution < 1.29 is 19.0 Å². The number of halogens is 1. The molecule has 9 nitrogen and oxygen atoms in total. The zero-order valence-corrected chi connectivity index (χ0v) is 20.6. The second kappa shape index (κ2) is 14.3. The van der Waals surface area contributed by atoms with E-state index in [1.165, 1.54) is 4.90 Å². The highest BCUT2D eigenvalue weighted by Crippen LogP contribution is 2.29. The van der Waals surface area contributed by atoms with Crippen LogP contribution in [0.3, 0.4) is 0 Å². The van der Waals surface area contributed by atoms with Crippen LogP contribution in [-0.2, 0) is 9.53 Å². The van der Waals surface area contributed by atoms with Gasteiger partial charge in [0.2, 0.25) is 5.91 Å². The topological polar surface area (TPSA) is 87.7 Å². The molecule has 1 aromatic rings. The molecule has 2 rings (SSSR count). The van der Waals surface area contributed by atoms with E-state index in [-0.39, 0.29) is 36.4 Å². The molecule has 0 bridgehead atoms. The molecule has 0 aromatic heterocycles. The van der Waals surface area contributed by atoms with Crippen molar-refractivity contribution in [3.8, 4) is 11.5 Å². The first kappa shape index (κ1) is 26.2. The highest BCUT2D eigenvalue weighted by atomic mass is 127. The normalized spacial score (nSPS) is 14.5. The van der Waals surface area contributed by atoms with E-state index < -0.39 is 0 Å². The molecule has 0 aliphatic carbocycles. The Hall–Kier alpha value is -1.79. The lowest BCUT2D eigenvalue weighted by Crippen LogP contribution is -2.39. The molecule has 1 aromatic carbocycles. The van der Waals surface area contributed by atoms with E-state index in [0.717, 1.165) is 51.5 Å². The molecule has 30 heavy (non-hydrogen) atoms. The Labute approximate surface area is 196 Å². The fourth-order valence-electron chi connectivity index (χ4n) is 2.81.